The van der Waals surface area contributed by atoms with Crippen molar-refractivity contribution in [3.8, 4) is 0 Å². The van der Waals surface area contributed by atoms with Gasteiger partial charge in [-0.3, -0.25) is 9.78 Å². The summed E-state index contributed by atoms with van der Waals surface area (Å²) in [6, 6.07) is 9.52. The van der Waals surface area contributed by atoms with Gasteiger partial charge in [-0.05, 0) is 31.2 Å². The van der Waals surface area contributed by atoms with Gasteiger partial charge in [0.2, 0.25) is 0 Å². The van der Waals surface area contributed by atoms with Crippen molar-refractivity contribution in [2.45, 2.75) is 13.3 Å². The summed E-state index contributed by atoms with van der Waals surface area (Å²) in [6.45, 7) is 2.54. The topological polar surface area (TPSA) is 59.8 Å². The number of pyridine rings is 1. The lowest BCUT2D eigenvalue weighted by atomic mass is 10.1. The summed E-state index contributed by atoms with van der Waals surface area (Å²) in [4.78, 5) is 20.7. The van der Waals surface area contributed by atoms with E-state index in [4.69, 9.17) is 0 Å². The molecule has 0 spiro atoms. The van der Waals surface area contributed by atoms with E-state index in [1.807, 2.05) is 55.1 Å². The number of rotatable bonds is 4. The largest absolute Gasteiger partial charge is 0.352 e. The van der Waals surface area contributed by atoms with Crippen molar-refractivity contribution >= 4 is 16.8 Å². The van der Waals surface area contributed by atoms with Crippen LogP contribution in [0.5, 0.6) is 0 Å². The molecule has 2 aromatic heterocycles. The first-order valence-corrected chi connectivity index (χ1v) is 7.24. The molecule has 0 saturated heterocycles. The summed E-state index contributed by atoms with van der Waals surface area (Å²) in [5.41, 5.74) is 3.63. The number of nitrogens with zero attached hydrogens (tertiary/aromatic N) is 3. The van der Waals surface area contributed by atoms with E-state index in [9.17, 15) is 4.79 Å². The third-order valence-electron chi connectivity index (χ3n) is 3.67. The van der Waals surface area contributed by atoms with Crippen LogP contribution in [0.3, 0.4) is 0 Å². The van der Waals surface area contributed by atoms with Crippen LogP contribution in [-0.4, -0.2) is 27.0 Å². The number of amides is 1. The number of carbonyl (C=O) groups excluding carboxylic acids is 1. The normalized spacial score (nSPS) is 10.8. The first-order chi connectivity index (χ1) is 10.6. The van der Waals surface area contributed by atoms with Crippen molar-refractivity contribution < 1.29 is 4.79 Å². The van der Waals surface area contributed by atoms with Crippen LogP contribution in [0.2, 0.25) is 0 Å². The van der Waals surface area contributed by atoms with Crippen LogP contribution in [-0.2, 0) is 13.5 Å². The molecule has 0 aliphatic rings. The second-order valence-corrected chi connectivity index (χ2v) is 5.36. The van der Waals surface area contributed by atoms with Crippen molar-refractivity contribution in [1.82, 2.24) is 19.9 Å². The third-order valence-corrected chi connectivity index (χ3v) is 3.67. The Morgan fingerprint density at radius 3 is 2.91 bits per heavy atom. The van der Waals surface area contributed by atoms with E-state index in [2.05, 4.69) is 15.3 Å². The predicted molar refractivity (Wildman–Crippen MR) is 85.7 cm³/mol. The van der Waals surface area contributed by atoms with Gasteiger partial charge in [0.25, 0.3) is 5.91 Å². The van der Waals surface area contributed by atoms with Crippen molar-refractivity contribution in [1.29, 1.82) is 0 Å². The van der Waals surface area contributed by atoms with Gasteiger partial charge in [0, 0.05) is 48.5 Å². The van der Waals surface area contributed by atoms with E-state index in [0.29, 0.717) is 12.1 Å². The average Bonchev–Trinajstić information content (AvgIpc) is 2.92. The van der Waals surface area contributed by atoms with E-state index in [0.717, 1.165) is 28.7 Å². The van der Waals surface area contributed by atoms with Crippen LogP contribution in [0, 0.1) is 6.92 Å². The van der Waals surface area contributed by atoms with E-state index >= 15 is 0 Å². The number of aryl methyl sites for hydroxylation is 2. The van der Waals surface area contributed by atoms with E-state index in [1.54, 1.807) is 6.33 Å². The molecule has 5 nitrogen and oxygen atoms in total. The summed E-state index contributed by atoms with van der Waals surface area (Å²) < 4.78 is 1.95. The highest BCUT2D eigenvalue weighted by atomic mass is 16.1. The highest BCUT2D eigenvalue weighted by Gasteiger charge is 2.07. The maximum Gasteiger partial charge on any atom is 0.251 e. The summed E-state index contributed by atoms with van der Waals surface area (Å²) in [5.74, 6) is -0.0651. The summed E-state index contributed by atoms with van der Waals surface area (Å²) in [7, 11) is 1.95. The minimum atomic E-state index is -0.0651. The molecule has 2 heterocycles. The molecule has 0 bridgehead atoms. The zero-order valence-corrected chi connectivity index (χ0v) is 12.7. The number of fused-ring (bicyclic) bond motifs is 1. The summed E-state index contributed by atoms with van der Waals surface area (Å²) in [6.07, 6.45) is 4.34. The van der Waals surface area contributed by atoms with Crippen LogP contribution in [0.1, 0.15) is 21.7 Å². The van der Waals surface area contributed by atoms with Gasteiger partial charge in [0.05, 0.1) is 11.8 Å². The van der Waals surface area contributed by atoms with Gasteiger partial charge in [-0.1, -0.05) is 6.07 Å². The number of aromatic nitrogens is 3. The third kappa shape index (κ3) is 2.98. The lowest BCUT2D eigenvalue weighted by Crippen LogP contribution is -2.26. The fourth-order valence-electron chi connectivity index (χ4n) is 2.40. The van der Waals surface area contributed by atoms with Crippen molar-refractivity contribution in [3.05, 3.63) is 59.8 Å². The average molecular weight is 294 g/mol. The Hall–Kier alpha value is -2.69. The number of nitrogens with one attached hydrogen (secondary N) is 1. The van der Waals surface area contributed by atoms with E-state index in [-0.39, 0.29) is 5.91 Å². The van der Waals surface area contributed by atoms with Crippen molar-refractivity contribution in [3.63, 3.8) is 0 Å². The minimum absolute atomic E-state index is 0.0651. The Morgan fingerprint density at radius 2 is 2.14 bits per heavy atom. The zero-order valence-electron chi connectivity index (χ0n) is 12.7. The maximum absolute atomic E-state index is 12.2. The second-order valence-electron chi connectivity index (χ2n) is 5.36. The molecular weight excluding hydrogens is 276 g/mol. The molecule has 1 aromatic carbocycles. The Kier molecular flexibility index (Phi) is 3.87. The van der Waals surface area contributed by atoms with Gasteiger partial charge in [-0.2, -0.15) is 0 Å². The fourth-order valence-corrected chi connectivity index (χ4v) is 2.40. The Bertz CT molecular complexity index is 822. The summed E-state index contributed by atoms with van der Waals surface area (Å²) in [5, 5.41) is 3.92. The van der Waals surface area contributed by atoms with Gasteiger partial charge < -0.3 is 9.88 Å². The van der Waals surface area contributed by atoms with Crippen LogP contribution in [0.4, 0.5) is 0 Å². The first kappa shape index (κ1) is 14.3. The maximum atomic E-state index is 12.2. The van der Waals surface area contributed by atoms with Gasteiger partial charge in [0.15, 0.2) is 0 Å². The van der Waals surface area contributed by atoms with Gasteiger partial charge >= 0.3 is 0 Å². The molecule has 3 rings (SSSR count). The Balaban J connectivity index is 1.67. The van der Waals surface area contributed by atoms with Crippen LogP contribution < -0.4 is 5.32 Å². The van der Waals surface area contributed by atoms with Gasteiger partial charge in [-0.15, -0.1) is 0 Å². The molecule has 0 aliphatic carbocycles. The van der Waals surface area contributed by atoms with E-state index < -0.39 is 0 Å². The summed E-state index contributed by atoms with van der Waals surface area (Å²) >= 11 is 0. The minimum Gasteiger partial charge on any atom is -0.352 e. The number of imidazole rings is 1. The number of carbonyl (C=O) groups is 1. The molecular formula is C17H18N4O. The molecule has 112 valence electrons. The fraction of sp³-hybridized carbons (Fsp3) is 0.235. The molecule has 22 heavy (non-hydrogen) atoms. The molecule has 0 unspecified atom stereocenters. The molecule has 1 amide bonds. The molecule has 5 heteroatoms. The van der Waals surface area contributed by atoms with Crippen molar-refractivity contribution in [2.75, 3.05) is 6.54 Å². The number of hydrogen-bond donors (Lipinski definition) is 1. The van der Waals surface area contributed by atoms with Crippen molar-refractivity contribution in [2.24, 2.45) is 7.05 Å². The van der Waals surface area contributed by atoms with Gasteiger partial charge in [0.1, 0.15) is 0 Å². The molecule has 0 radical (unpaired) electrons. The Labute approximate surface area is 129 Å². The zero-order chi connectivity index (χ0) is 15.5. The van der Waals surface area contributed by atoms with Gasteiger partial charge in [-0.25, -0.2) is 4.98 Å². The van der Waals surface area contributed by atoms with E-state index in [1.165, 1.54) is 0 Å². The van der Waals surface area contributed by atoms with Crippen LogP contribution >= 0.6 is 0 Å². The standard InChI is InChI=1S/C17H18N4O/c1-12-3-4-13-9-14(5-6-16(13)20-12)17(22)19-8-7-15-10-18-11-21(15)2/h3-6,9-11H,7-8H2,1-2H3,(H,19,22). The lowest BCUT2D eigenvalue weighted by Gasteiger charge is -2.07. The Morgan fingerprint density at radius 1 is 1.27 bits per heavy atom. The SMILES string of the molecule is Cc1ccc2cc(C(=O)NCCc3cncn3C)ccc2n1. The molecule has 1 N–H and O–H groups in total. The molecule has 0 aliphatic heterocycles. The first-order valence-electron chi connectivity index (χ1n) is 7.24. The highest BCUT2D eigenvalue weighted by Crippen LogP contribution is 2.14. The molecule has 0 atom stereocenters. The molecule has 0 fully saturated rings. The number of hydrogen-bond acceptors (Lipinski definition) is 3. The predicted octanol–water partition coefficient (Wildman–Crippen LogP) is 2.25. The lowest BCUT2D eigenvalue weighted by molar-refractivity contribution is 0.0954. The molecule has 3 aromatic rings. The van der Waals surface area contributed by atoms with Crippen LogP contribution in [0.15, 0.2) is 42.9 Å². The van der Waals surface area contributed by atoms with Crippen LogP contribution in [0.25, 0.3) is 10.9 Å². The quantitative estimate of drug-likeness (QED) is 0.803. The number of benzene rings is 1. The smallest absolute Gasteiger partial charge is 0.251 e. The monoisotopic (exact) mass is 294 g/mol. The second kappa shape index (κ2) is 5.97. The molecule has 0 saturated carbocycles. The highest BCUT2D eigenvalue weighted by molar-refractivity contribution is 5.97.